The van der Waals surface area contributed by atoms with Gasteiger partial charge in [-0.1, -0.05) is 33.8 Å². The van der Waals surface area contributed by atoms with Crippen LogP contribution in [0.25, 0.3) is 0 Å². The lowest BCUT2D eigenvalue weighted by Crippen LogP contribution is -2.28. The summed E-state index contributed by atoms with van der Waals surface area (Å²) in [7, 11) is 0. The zero-order chi connectivity index (χ0) is 15.3. The van der Waals surface area contributed by atoms with E-state index in [9.17, 15) is 9.18 Å². The molecular formula is C16H24FNO2. The van der Waals surface area contributed by atoms with Crippen LogP contribution in [0.15, 0.2) is 18.2 Å². The van der Waals surface area contributed by atoms with E-state index in [-0.39, 0.29) is 29.4 Å². The third-order valence-corrected chi connectivity index (χ3v) is 3.74. The first kappa shape index (κ1) is 16.6. The summed E-state index contributed by atoms with van der Waals surface area (Å²) >= 11 is 0. The number of halogens is 1. The highest BCUT2D eigenvalue weighted by molar-refractivity contribution is 5.76. The molecule has 1 atom stereocenters. The summed E-state index contributed by atoms with van der Waals surface area (Å²) in [5.74, 6) is -0.157. The molecule has 2 N–H and O–H groups in total. The van der Waals surface area contributed by atoms with Crippen molar-refractivity contribution in [3.8, 4) is 0 Å². The van der Waals surface area contributed by atoms with Crippen LogP contribution in [0.5, 0.6) is 0 Å². The zero-order valence-corrected chi connectivity index (χ0v) is 12.7. The highest BCUT2D eigenvalue weighted by Crippen LogP contribution is 2.27. The van der Waals surface area contributed by atoms with E-state index in [1.165, 1.54) is 6.07 Å². The number of hydrogen-bond acceptors (Lipinski definition) is 2. The number of carbonyl (C=O) groups is 1. The molecule has 1 rings (SSSR count). The van der Waals surface area contributed by atoms with Crippen molar-refractivity contribution in [1.82, 2.24) is 5.32 Å². The fourth-order valence-corrected chi connectivity index (χ4v) is 1.72. The normalized spacial score (nSPS) is 13.1. The minimum atomic E-state index is -0.427. The maximum absolute atomic E-state index is 13.2. The molecule has 0 heterocycles. The molecule has 4 heteroatoms. The Kier molecular flexibility index (Phi) is 5.69. The van der Waals surface area contributed by atoms with Crippen molar-refractivity contribution in [2.75, 3.05) is 0 Å². The van der Waals surface area contributed by atoms with Crippen LogP contribution in [-0.2, 0) is 17.9 Å². The molecule has 0 aliphatic rings. The second kappa shape index (κ2) is 6.84. The first-order valence-corrected chi connectivity index (χ1v) is 6.89. The van der Waals surface area contributed by atoms with Crippen LogP contribution in [0.1, 0.15) is 45.2 Å². The SMILES string of the molecule is CC(CC(=O)NCc1ccc(F)c(CO)c1)C(C)(C)C. The number of aliphatic hydroxyl groups is 1. The molecule has 0 saturated carbocycles. The highest BCUT2D eigenvalue weighted by atomic mass is 19.1. The maximum Gasteiger partial charge on any atom is 0.220 e. The van der Waals surface area contributed by atoms with E-state index in [0.29, 0.717) is 13.0 Å². The van der Waals surface area contributed by atoms with E-state index in [4.69, 9.17) is 5.11 Å². The smallest absolute Gasteiger partial charge is 0.220 e. The number of carbonyl (C=O) groups excluding carboxylic acids is 1. The molecule has 1 unspecified atom stereocenters. The lowest BCUT2D eigenvalue weighted by molar-refractivity contribution is -0.122. The molecule has 3 nitrogen and oxygen atoms in total. The molecular weight excluding hydrogens is 257 g/mol. The molecule has 112 valence electrons. The molecule has 1 aromatic rings. The fraction of sp³-hybridized carbons (Fsp3) is 0.562. The third-order valence-electron chi connectivity index (χ3n) is 3.74. The second-order valence-corrected chi connectivity index (χ2v) is 6.33. The van der Waals surface area contributed by atoms with Gasteiger partial charge in [-0.25, -0.2) is 4.39 Å². The Morgan fingerprint density at radius 3 is 2.60 bits per heavy atom. The average Bonchev–Trinajstić information content (AvgIpc) is 2.36. The molecule has 0 radical (unpaired) electrons. The van der Waals surface area contributed by atoms with E-state index in [2.05, 4.69) is 33.0 Å². The summed E-state index contributed by atoms with van der Waals surface area (Å²) in [6.45, 7) is 8.40. The van der Waals surface area contributed by atoms with Crippen LogP contribution < -0.4 is 5.32 Å². The van der Waals surface area contributed by atoms with Gasteiger partial charge in [0.05, 0.1) is 6.61 Å². The number of amides is 1. The average molecular weight is 281 g/mol. The first-order valence-electron chi connectivity index (χ1n) is 6.89. The number of nitrogens with one attached hydrogen (secondary N) is 1. The molecule has 0 aliphatic carbocycles. The molecule has 0 saturated heterocycles. The van der Waals surface area contributed by atoms with Gasteiger partial charge in [-0.2, -0.15) is 0 Å². The fourth-order valence-electron chi connectivity index (χ4n) is 1.72. The van der Waals surface area contributed by atoms with Crippen LogP contribution in [0.3, 0.4) is 0 Å². The van der Waals surface area contributed by atoms with Crippen molar-refractivity contribution in [1.29, 1.82) is 0 Å². The topological polar surface area (TPSA) is 49.3 Å². The molecule has 0 spiro atoms. The molecule has 1 aromatic carbocycles. The monoisotopic (exact) mass is 281 g/mol. The van der Waals surface area contributed by atoms with Gasteiger partial charge in [-0.15, -0.1) is 0 Å². The van der Waals surface area contributed by atoms with Crippen molar-refractivity contribution >= 4 is 5.91 Å². The van der Waals surface area contributed by atoms with Crippen molar-refractivity contribution < 1.29 is 14.3 Å². The van der Waals surface area contributed by atoms with Gasteiger partial charge >= 0.3 is 0 Å². The van der Waals surface area contributed by atoms with Crippen LogP contribution >= 0.6 is 0 Å². The van der Waals surface area contributed by atoms with E-state index in [0.717, 1.165) is 5.56 Å². The van der Waals surface area contributed by atoms with Crippen LogP contribution in [0, 0.1) is 17.2 Å². The number of aliphatic hydroxyl groups excluding tert-OH is 1. The first-order chi connectivity index (χ1) is 9.24. The van der Waals surface area contributed by atoms with Gasteiger partial charge in [0.1, 0.15) is 5.82 Å². The largest absolute Gasteiger partial charge is 0.392 e. The van der Waals surface area contributed by atoms with Crippen LogP contribution in [-0.4, -0.2) is 11.0 Å². The molecule has 0 aliphatic heterocycles. The summed E-state index contributed by atoms with van der Waals surface area (Å²) in [6.07, 6.45) is 0.470. The van der Waals surface area contributed by atoms with Gasteiger partial charge in [-0.3, -0.25) is 4.79 Å². The van der Waals surface area contributed by atoms with Gasteiger partial charge in [0.25, 0.3) is 0 Å². The summed E-state index contributed by atoms with van der Waals surface area (Å²) in [4.78, 5) is 11.9. The third kappa shape index (κ3) is 4.93. The summed E-state index contributed by atoms with van der Waals surface area (Å²) in [6, 6.07) is 4.50. The summed E-state index contributed by atoms with van der Waals surface area (Å²) in [5, 5.41) is 11.8. The molecule has 0 aromatic heterocycles. The van der Waals surface area contributed by atoms with E-state index < -0.39 is 5.82 Å². The van der Waals surface area contributed by atoms with Gasteiger partial charge in [0, 0.05) is 18.5 Å². The minimum absolute atomic E-state index is 0.0118. The summed E-state index contributed by atoms with van der Waals surface area (Å²) < 4.78 is 13.2. The van der Waals surface area contributed by atoms with Crippen molar-refractivity contribution in [3.05, 3.63) is 35.1 Å². The summed E-state index contributed by atoms with van der Waals surface area (Å²) in [5.41, 5.74) is 1.13. The number of benzene rings is 1. The van der Waals surface area contributed by atoms with E-state index in [1.807, 2.05) is 0 Å². The van der Waals surface area contributed by atoms with Gasteiger partial charge in [-0.05, 0) is 29.0 Å². The Morgan fingerprint density at radius 1 is 1.40 bits per heavy atom. The molecule has 1 amide bonds. The Hall–Kier alpha value is -1.42. The van der Waals surface area contributed by atoms with Crippen molar-refractivity contribution in [2.45, 2.75) is 47.3 Å². The maximum atomic E-state index is 13.2. The predicted molar refractivity (Wildman–Crippen MR) is 77.4 cm³/mol. The second-order valence-electron chi connectivity index (χ2n) is 6.33. The van der Waals surface area contributed by atoms with Gasteiger partial charge in [0.2, 0.25) is 5.91 Å². The Balaban J connectivity index is 2.53. The molecule has 0 bridgehead atoms. The standard InChI is InChI=1S/C16H24FNO2/c1-11(16(2,3)4)7-15(20)18-9-12-5-6-14(17)13(8-12)10-19/h5-6,8,11,19H,7,9-10H2,1-4H3,(H,18,20). The number of hydrogen-bond donors (Lipinski definition) is 2. The Morgan fingerprint density at radius 2 is 2.05 bits per heavy atom. The Labute approximate surface area is 120 Å². The molecule has 0 fully saturated rings. The number of rotatable bonds is 5. The van der Waals surface area contributed by atoms with Crippen LogP contribution in [0.4, 0.5) is 4.39 Å². The van der Waals surface area contributed by atoms with Crippen LogP contribution in [0.2, 0.25) is 0 Å². The lowest BCUT2D eigenvalue weighted by atomic mass is 9.80. The lowest BCUT2D eigenvalue weighted by Gasteiger charge is -2.26. The van der Waals surface area contributed by atoms with E-state index >= 15 is 0 Å². The predicted octanol–water partition coefficient (Wildman–Crippen LogP) is 3.01. The molecule has 20 heavy (non-hydrogen) atoms. The van der Waals surface area contributed by atoms with Gasteiger partial charge in [0.15, 0.2) is 0 Å². The zero-order valence-electron chi connectivity index (χ0n) is 12.7. The van der Waals surface area contributed by atoms with E-state index in [1.54, 1.807) is 12.1 Å². The van der Waals surface area contributed by atoms with Gasteiger partial charge < -0.3 is 10.4 Å². The Bertz CT molecular complexity index is 466. The van der Waals surface area contributed by atoms with Crippen molar-refractivity contribution in [3.63, 3.8) is 0 Å². The quantitative estimate of drug-likeness (QED) is 0.871. The highest BCUT2D eigenvalue weighted by Gasteiger charge is 2.22. The van der Waals surface area contributed by atoms with Crippen molar-refractivity contribution in [2.24, 2.45) is 11.3 Å². The minimum Gasteiger partial charge on any atom is -0.392 e.